The molecular formula is C15H23NO. The van der Waals surface area contributed by atoms with E-state index >= 15 is 0 Å². The van der Waals surface area contributed by atoms with Crippen LogP contribution in [0, 0.1) is 18.0 Å². The smallest absolute Gasteiger partial charge is 0.151 e. The molecule has 1 aromatic rings. The number of aryl methyl sites for hydroxylation is 2. The second kappa shape index (κ2) is 6.43. The van der Waals surface area contributed by atoms with Crippen LogP contribution < -0.4 is 0 Å². The highest BCUT2D eigenvalue weighted by atomic mass is 16.5. The van der Waals surface area contributed by atoms with Crippen LogP contribution in [-0.4, -0.2) is 18.0 Å². The second-order valence-corrected chi connectivity index (χ2v) is 5.13. The van der Waals surface area contributed by atoms with E-state index in [1.54, 1.807) is 6.21 Å². The lowest BCUT2D eigenvalue weighted by atomic mass is 9.97. The van der Waals surface area contributed by atoms with Crippen molar-refractivity contribution in [2.75, 3.05) is 7.05 Å². The van der Waals surface area contributed by atoms with Gasteiger partial charge < -0.3 is 5.21 Å². The van der Waals surface area contributed by atoms with Crippen molar-refractivity contribution in [3.63, 3.8) is 0 Å². The highest BCUT2D eigenvalue weighted by molar-refractivity contribution is 5.52. The van der Waals surface area contributed by atoms with Crippen molar-refractivity contribution in [2.24, 2.45) is 5.92 Å². The van der Waals surface area contributed by atoms with Gasteiger partial charge in [-0.05, 0) is 42.4 Å². The van der Waals surface area contributed by atoms with E-state index in [9.17, 15) is 5.21 Å². The summed E-state index contributed by atoms with van der Waals surface area (Å²) in [6, 6.07) is 6.69. The molecule has 0 spiro atoms. The molecule has 17 heavy (non-hydrogen) atoms. The van der Waals surface area contributed by atoms with E-state index in [0.717, 1.165) is 24.0 Å². The average molecular weight is 233 g/mol. The molecule has 94 valence electrons. The summed E-state index contributed by atoms with van der Waals surface area (Å²) in [6.07, 6.45) is 4.57. The standard InChI is InChI=1S/C15H23NO/c1-12(2)10-14-7-8-15(13(3)11-14)6-5-9-16(4)17/h7-9,11-12H,5-6,10H2,1-4H3/b16-9+. The Morgan fingerprint density at radius 3 is 2.59 bits per heavy atom. The van der Waals surface area contributed by atoms with Crippen LogP contribution in [-0.2, 0) is 12.8 Å². The van der Waals surface area contributed by atoms with Gasteiger partial charge in [0.25, 0.3) is 0 Å². The van der Waals surface area contributed by atoms with Crippen molar-refractivity contribution in [3.8, 4) is 0 Å². The summed E-state index contributed by atoms with van der Waals surface area (Å²) in [6.45, 7) is 6.63. The number of rotatable bonds is 5. The summed E-state index contributed by atoms with van der Waals surface area (Å²) in [7, 11) is 1.53. The fourth-order valence-corrected chi connectivity index (χ4v) is 2.04. The average Bonchev–Trinajstić information content (AvgIpc) is 2.20. The van der Waals surface area contributed by atoms with E-state index < -0.39 is 0 Å². The molecular weight excluding hydrogens is 210 g/mol. The van der Waals surface area contributed by atoms with E-state index in [1.165, 1.54) is 23.7 Å². The van der Waals surface area contributed by atoms with Gasteiger partial charge in [-0.25, -0.2) is 4.74 Å². The molecule has 1 rings (SSSR count). The topological polar surface area (TPSA) is 26.1 Å². The third-order valence-corrected chi connectivity index (χ3v) is 2.85. The van der Waals surface area contributed by atoms with E-state index in [-0.39, 0.29) is 0 Å². The van der Waals surface area contributed by atoms with Crippen molar-refractivity contribution < 1.29 is 4.74 Å². The number of hydrogen-bond donors (Lipinski definition) is 0. The van der Waals surface area contributed by atoms with Gasteiger partial charge >= 0.3 is 0 Å². The van der Waals surface area contributed by atoms with Crippen LogP contribution >= 0.6 is 0 Å². The first-order chi connectivity index (χ1) is 7.99. The van der Waals surface area contributed by atoms with Crippen molar-refractivity contribution >= 4 is 6.21 Å². The van der Waals surface area contributed by atoms with E-state index in [2.05, 4.69) is 39.0 Å². The van der Waals surface area contributed by atoms with Crippen LogP contribution in [0.25, 0.3) is 0 Å². The molecule has 1 aromatic carbocycles. The van der Waals surface area contributed by atoms with Gasteiger partial charge in [-0.1, -0.05) is 32.0 Å². The molecule has 0 saturated carbocycles. The van der Waals surface area contributed by atoms with Crippen LogP contribution in [0.4, 0.5) is 0 Å². The Kier molecular flexibility index (Phi) is 5.20. The Labute approximate surface area is 105 Å². The predicted octanol–water partition coefficient (Wildman–Crippen LogP) is 3.34. The van der Waals surface area contributed by atoms with Gasteiger partial charge in [-0.2, -0.15) is 0 Å². The van der Waals surface area contributed by atoms with Crippen LogP contribution in [0.2, 0.25) is 0 Å². The van der Waals surface area contributed by atoms with Crippen LogP contribution in [0.15, 0.2) is 18.2 Å². The summed E-state index contributed by atoms with van der Waals surface area (Å²) in [4.78, 5) is 0. The lowest BCUT2D eigenvalue weighted by Gasteiger charge is -2.09. The maximum Gasteiger partial charge on any atom is 0.151 e. The summed E-state index contributed by atoms with van der Waals surface area (Å²) < 4.78 is 0.877. The minimum absolute atomic E-state index is 0.697. The Bertz CT molecular complexity index is 390. The molecule has 0 N–H and O–H groups in total. The summed E-state index contributed by atoms with van der Waals surface area (Å²) >= 11 is 0. The van der Waals surface area contributed by atoms with Gasteiger partial charge in [0.05, 0.1) is 0 Å². The molecule has 0 fully saturated rings. The minimum atomic E-state index is 0.697. The molecule has 0 aliphatic rings. The monoisotopic (exact) mass is 233 g/mol. The van der Waals surface area contributed by atoms with Crippen molar-refractivity contribution in [2.45, 2.75) is 40.0 Å². The Hall–Kier alpha value is -1.31. The Morgan fingerprint density at radius 2 is 2.06 bits per heavy atom. The van der Waals surface area contributed by atoms with E-state index in [4.69, 9.17) is 0 Å². The first-order valence-corrected chi connectivity index (χ1v) is 6.30. The first-order valence-electron chi connectivity index (χ1n) is 6.30. The minimum Gasteiger partial charge on any atom is -0.624 e. The van der Waals surface area contributed by atoms with Gasteiger partial charge in [-0.3, -0.25) is 0 Å². The molecule has 0 heterocycles. The number of hydroxylamine groups is 1. The zero-order valence-electron chi connectivity index (χ0n) is 11.4. The molecule has 0 atom stereocenters. The molecule has 0 unspecified atom stereocenters. The van der Waals surface area contributed by atoms with Gasteiger partial charge in [0.2, 0.25) is 0 Å². The molecule has 0 aliphatic heterocycles. The lowest BCUT2D eigenvalue weighted by Crippen LogP contribution is -2.00. The predicted molar refractivity (Wildman–Crippen MR) is 73.7 cm³/mol. The number of benzene rings is 1. The fraction of sp³-hybridized carbons (Fsp3) is 0.533. The van der Waals surface area contributed by atoms with Crippen LogP contribution in [0.1, 0.15) is 37.0 Å². The fourth-order valence-electron chi connectivity index (χ4n) is 2.04. The van der Waals surface area contributed by atoms with Gasteiger partial charge in [0, 0.05) is 6.42 Å². The van der Waals surface area contributed by atoms with Crippen LogP contribution in [0.3, 0.4) is 0 Å². The molecule has 0 radical (unpaired) electrons. The zero-order valence-corrected chi connectivity index (χ0v) is 11.4. The Balaban J connectivity index is 2.66. The third kappa shape index (κ3) is 5.03. The normalized spacial score (nSPS) is 12.2. The van der Waals surface area contributed by atoms with Crippen molar-refractivity contribution in [1.82, 2.24) is 0 Å². The van der Waals surface area contributed by atoms with E-state index in [0.29, 0.717) is 5.92 Å². The maximum absolute atomic E-state index is 10.8. The number of hydrogen-bond acceptors (Lipinski definition) is 1. The maximum atomic E-state index is 10.8. The highest BCUT2D eigenvalue weighted by Crippen LogP contribution is 2.15. The molecule has 0 amide bonds. The quantitative estimate of drug-likeness (QED) is 0.331. The molecule has 2 nitrogen and oxygen atoms in total. The summed E-state index contributed by atoms with van der Waals surface area (Å²) in [5.41, 5.74) is 4.09. The van der Waals surface area contributed by atoms with E-state index in [1.807, 2.05) is 0 Å². The first kappa shape index (κ1) is 13.8. The lowest BCUT2D eigenvalue weighted by molar-refractivity contribution is -0.418. The largest absolute Gasteiger partial charge is 0.624 e. The van der Waals surface area contributed by atoms with Gasteiger partial charge in [0.15, 0.2) is 6.21 Å². The molecule has 0 saturated heterocycles. The zero-order chi connectivity index (χ0) is 12.8. The molecule has 0 aromatic heterocycles. The second-order valence-electron chi connectivity index (χ2n) is 5.13. The highest BCUT2D eigenvalue weighted by Gasteiger charge is 2.02. The Morgan fingerprint density at radius 1 is 1.35 bits per heavy atom. The molecule has 0 bridgehead atoms. The van der Waals surface area contributed by atoms with Gasteiger partial charge in [-0.15, -0.1) is 0 Å². The van der Waals surface area contributed by atoms with Gasteiger partial charge in [0.1, 0.15) is 7.05 Å². The van der Waals surface area contributed by atoms with Crippen molar-refractivity contribution in [1.29, 1.82) is 0 Å². The van der Waals surface area contributed by atoms with Crippen LogP contribution in [0.5, 0.6) is 0 Å². The van der Waals surface area contributed by atoms with Crippen molar-refractivity contribution in [3.05, 3.63) is 40.1 Å². The third-order valence-electron chi connectivity index (χ3n) is 2.85. The number of nitrogens with zero attached hydrogens (tertiary/aromatic N) is 1. The summed E-state index contributed by atoms with van der Waals surface area (Å²) in [5, 5.41) is 10.8. The summed E-state index contributed by atoms with van der Waals surface area (Å²) in [5.74, 6) is 0.697. The molecule has 2 heteroatoms. The molecule has 0 aliphatic carbocycles. The SMILES string of the molecule is Cc1cc(CC(C)C)ccc1CC/C=[N+](\C)[O-].